The van der Waals surface area contributed by atoms with Gasteiger partial charge >= 0.3 is 11.9 Å². The van der Waals surface area contributed by atoms with E-state index in [-0.39, 0.29) is 36.0 Å². The van der Waals surface area contributed by atoms with Crippen LogP contribution in [-0.4, -0.2) is 30.8 Å². The average Bonchev–Trinajstić information content (AvgIpc) is 3.03. The Balaban J connectivity index is 1.42. The summed E-state index contributed by atoms with van der Waals surface area (Å²) in [5.74, 6) is -4.41. The third-order valence-electron chi connectivity index (χ3n) is 8.66. The van der Waals surface area contributed by atoms with Gasteiger partial charge in [-0.1, -0.05) is 90.7 Å². The van der Waals surface area contributed by atoms with Crippen molar-refractivity contribution < 1.29 is 37.0 Å². The summed E-state index contributed by atoms with van der Waals surface area (Å²) in [5.41, 5.74) is 0.530. The smallest absolute Gasteiger partial charge is 0.346 e. The van der Waals surface area contributed by atoms with Crippen molar-refractivity contribution in [1.29, 1.82) is 0 Å². The molecule has 1 aliphatic carbocycles. The molecule has 44 heavy (non-hydrogen) atoms. The zero-order valence-corrected chi connectivity index (χ0v) is 26.6. The predicted molar refractivity (Wildman–Crippen MR) is 166 cm³/mol. The van der Waals surface area contributed by atoms with E-state index in [1.165, 1.54) is 50.7 Å². The summed E-state index contributed by atoms with van der Waals surface area (Å²) >= 11 is 0. The zero-order valence-electron chi connectivity index (χ0n) is 26.6. The summed E-state index contributed by atoms with van der Waals surface area (Å²) in [4.78, 5) is 24.7. The van der Waals surface area contributed by atoms with Crippen molar-refractivity contribution in [3.8, 4) is 11.5 Å². The number of hydrogen-bond donors (Lipinski definition) is 0. The van der Waals surface area contributed by atoms with Gasteiger partial charge in [-0.25, -0.2) is 18.4 Å². The van der Waals surface area contributed by atoms with Crippen LogP contribution in [0.4, 0.5) is 13.2 Å². The van der Waals surface area contributed by atoms with E-state index in [2.05, 4.69) is 6.92 Å². The summed E-state index contributed by atoms with van der Waals surface area (Å²) in [6, 6.07) is 9.35. The monoisotopic (exact) mass is 618 g/mol. The average molecular weight is 619 g/mol. The zero-order chi connectivity index (χ0) is 31.9. The quantitative estimate of drug-likeness (QED) is 0.0945. The number of unbranched alkanes of at least 4 members (excludes halogenated alkanes) is 8. The second kappa shape index (κ2) is 18.7. The molecule has 1 fully saturated rings. The molecule has 0 N–H and O–H groups in total. The highest BCUT2D eigenvalue weighted by molar-refractivity contribution is 5.91. The van der Waals surface area contributed by atoms with Gasteiger partial charge in [0.15, 0.2) is 17.7 Å². The second-order valence-electron chi connectivity index (χ2n) is 12.1. The van der Waals surface area contributed by atoms with Crippen LogP contribution in [0.5, 0.6) is 11.5 Å². The molecule has 2 aromatic rings. The molecule has 0 spiro atoms. The lowest BCUT2D eigenvalue weighted by atomic mass is 9.82. The largest absolute Gasteiger partial charge is 0.490 e. The van der Waals surface area contributed by atoms with Crippen molar-refractivity contribution in [3.05, 3.63) is 59.2 Å². The number of carbonyl (C=O) groups excluding carboxylic acids is 2. The minimum atomic E-state index is -1.60. The molecule has 1 saturated carbocycles. The molecule has 0 saturated heterocycles. The number of ether oxygens (including phenoxy) is 3. The Morgan fingerprint density at radius 3 is 2.05 bits per heavy atom. The lowest BCUT2D eigenvalue weighted by Crippen LogP contribution is -2.31. The van der Waals surface area contributed by atoms with Gasteiger partial charge in [0.25, 0.3) is 0 Å². The van der Waals surface area contributed by atoms with Gasteiger partial charge in [0.1, 0.15) is 11.9 Å². The molecule has 8 heteroatoms. The van der Waals surface area contributed by atoms with Crippen LogP contribution in [0.25, 0.3) is 0 Å². The molecule has 3 rings (SSSR count). The van der Waals surface area contributed by atoms with Crippen LogP contribution in [0.15, 0.2) is 36.4 Å². The highest BCUT2D eigenvalue weighted by atomic mass is 19.2. The maximum absolute atomic E-state index is 14.7. The fourth-order valence-electron chi connectivity index (χ4n) is 5.55. The molecular weight excluding hydrogens is 569 g/mol. The van der Waals surface area contributed by atoms with E-state index in [4.69, 9.17) is 14.2 Å². The van der Waals surface area contributed by atoms with E-state index in [1.807, 2.05) is 19.1 Å². The molecule has 0 radical (unpaired) electrons. The molecule has 1 aliphatic rings. The first kappa shape index (κ1) is 35.4. The molecule has 0 unspecified atom stereocenters. The number of hydrogen-bond acceptors (Lipinski definition) is 5. The van der Waals surface area contributed by atoms with E-state index in [1.54, 1.807) is 19.1 Å². The Morgan fingerprint density at radius 1 is 0.818 bits per heavy atom. The Hall–Kier alpha value is -3.03. The lowest BCUT2D eigenvalue weighted by Gasteiger charge is -2.29. The number of benzene rings is 2. The Labute approximate surface area is 260 Å². The van der Waals surface area contributed by atoms with Gasteiger partial charge in [0.05, 0.1) is 12.2 Å². The van der Waals surface area contributed by atoms with E-state index in [9.17, 15) is 22.8 Å². The Bertz CT molecular complexity index is 1160. The van der Waals surface area contributed by atoms with E-state index in [0.29, 0.717) is 19.3 Å². The van der Waals surface area contributed by atoms with Gasteiger partial charge in [-0.3, -0.25) is 0 Å². The summed E-state index contributed by atoms with van der Waals surface area (Å²) in [6.07, 6.45) is 11.8. The maximum atomic E-state index is 14.7. The first-order valence-electron chi connectivity index (χ1n) is 16.5. The Morgan fingerprint density at radius 2 is 1.43 bits per heavy atom. The van der Waals surface area contributed by atoms with Crippen molar-refractivity contribution in [3.63, 3.8) is 0 Å². The fourth-order valence-corrected chi connectivity index (χ4v) is 5.55. The molecule has 0 amide bonds. The second-order valence-corrected chi connectivity index (χ2v) is 12.1. The summed E-state index contributed by atoms with van der Waals surface area (Å²) in [5, 5.41) is 0. The van der Waals surface area contributed by atoms with Crippen LogP contribution in [0.2, 0.25) is 0 Å². The number of alkyl halides is 1. The van der Waals surface area contributed by atoms with Crippen LogP contribution in [-0.2, 0) is 9.53 Å². The number of carbonyl (C=O) groups is 2. The molecule has 0 aromatic heterocycles. The highest BCUT2D eigenvalue weighted by Crippen LogP contribution is 2.35. The molecule has 0 heterocycles. The standard InChI is InChI=1S/C36H49F3O5/c1-4-6-7-8-9-10-11-12-13-24-42-31-23-22-30(33(38)34(31)39)35(40)43-28-18-14-26(15-19-28)27-16-20-29(21-17-27)44-36(41)32(37)25(3)5-2/h14-15,18-19,22-23,25,27,29,32H,4-13,16-17,20-21,24H2,1-3H3/t25-,27?,29?,32-/m0/s1. The first-order chi connectivity index (χ1) is 21.2. The third-order valence-corrected chi connectivity index (χ3v) is 8.66. The number of esters is 2. The van der Waals surface area contributed by atoms with Crippen molar-refractivity contribution in [1.82, 2.24) is 0 Å². The van der Waals surface area contributed by atoms with Gasteiger partial charge in [0.2, 0.25) is 5.82 Å². The van der Waals surface area contributed by atoms with E-state index >= 15 is 0 Å². The topological polar surface area (TPSA) is 61.8 Å². The fraction of sp³-hybridized carbons (Fsp3) is 0.611. The molecule has 244 valence electrons. The minimum absolute atomic E-state index is 0.214. The van der Waals surface area contributed by atoms with Crippen LogP contribution in [0, 0.1) is 17.6 Å². The van der Waals surface area contributed by atoms with Gasteiger partial charge in [0, 0.05) is 0 Å². The van der Waals surface area contributed by atoms with Gasteiger partial charge in [-0.15, -0.1) is 0 Å². The van der Waals surface area contributed by atoms with E-state index < -0.39 is 35.3 Å². The van der Waals surface area contributed by atoms with Gasteiger partial charge < -0.3 is 14.2 Å². The number of rotatable bonds is 18. The lowest BCUT2D eigenvalue weighted by molar-refractivity contribution is -0.158. The Kier molecular flexibility index (Phi) is 15.1. The van der Waals surface area contributed by atoms with Gasteiger partial charge in [-0.2, -0.15) is 4.39 Å². The predicted octanol–water partition coefficient (Wildman–Crippen LogP) is 10.0. The van der Waals surface area contributed by atoms with Crippen molar-refractivity contribution in [2.45, 2.75) is 129 Å². The van der Waals surface area contributed by atoms with E-state index in [0.717, 1.165) is 37.7 Å². The highest BCUT2D eigenvalue weighted by Gasteiger charge is 2.30. The molecule has 0 aliphatic heterocycles. The minimum Gasteiger partial charge on any atom is -0.490 e. The molecule has 2 atom stereocenters. The van der Waals surface area contributed by atoms with Crippen LogP contribution in [0.3, 0.4) is 0 Å². The molecular formula is C36H49F3O5. The van der Waals surface area contributed by atoms with Crippen molar-refractivity contribution >= 4 is 11.9 Å². The van der Waals surface area contributed by atoms with Crippen molar-refractivity contribution in [2.24, 2.45) is 5.92 Å². The van der Waals surface area contributed by atoms with Crippen LogP contribution in [0.1, 0.15) is 133 Å². The third kappa shape index (κ3) is 10.8. The van der Waals surface area contributed by atoms with Crippen LogP contribution >= 0.6 is 0 Å². The summed E-state index contributed by atoms with van der Waals surface area (Å²) < 4.78 is 59.7. The normalized spacial score (nSPS) is 18.0. The van der Waals surface area contributed by atoms with Crippen molar-refractivity contribution in [2.75, 3.05) is 6.61 Å². The number of halogens is 3. The SMILES string of the molecule is CCCCCCCCCCCOc1ccc(C(=O)Oc2ccc(C3CCC(OC(=O)[C@@H](F)[C@@H](C)CC)CC3)cc2)c(F)c1F. The summed E-state index contributed by atoms with van der Waals surface area (Å²) in [6.45, 7) is 6.02. The molecule has 5 nitrogen and oxygen atoms in total. The maximum Gasteiger partial charge on any atom is 0.346 e. The van der Waals surface area contributed by atoms with Crippen LogP contribution < -0.4 is 9.47 Å². The van der Waals surface area contributed by atoms with Gasteiger partial charge in [-0.05, 0) is 73.8 Å². The molecule has 0 bridgehead atoms. The molecule has 2 aromatic carbocycles. The summed E-state index contributed by atoms with van der Waals surface area (Å²) in [7, 11) is 0. The first-order valence-corrected chi connectivity index (χ1v) is 16.5.